The summed E-state index contributed by atoms with van der Waals surface area (Å²) in [5, 5.41) is 0. The zero-order chi connectivity index (χ0) is 22.3. The molecule has 0 aliphatic rings. The Bertz CT molecular complexity index is 814. The number of benzene rings is 1. The molecule has 0 unspecified atom stereocenters. The number of nitrogens with zero attached hydrogens (tertiary/aromatic N) is 2. The summed E-state index contributed by atoms with van der Waals surface area (Å²) in [6.07, 6.45) is 3.72. The Morgan fingerprint density at radius 3 is 1.93 bits per heavy atom. The average molecular weight is 415 g/mol. The number of hydrogen-bond acceptors (Lipinski definition) is 5. The van der Waals surface area contributed by atoms with E-state index in [2.05, 4.69) is 27.7 Å². The topological polar surface area (TPSA) is 53.5 Å². The van der Waals surface area contributed by atoms with Crippen LogP contribution in [0.1, 0.15) is 79.6 Å². The lowest BCUT2D eigenvalue weighted by molar-refractivity contribution is 0.181. The Hall–Kier alpha value is -2.30. The lowest BCUT2D eigenvalue weighted by Crippen LogP contribution is -2.17. The van der Waals surface area contributed by atoms with Crippen molar-refractivity contribution in [3.8, 4) is 28.6 Å². The highest BCUT2D eigenvalue weighted by Crippen LogP contribution is 2.36. The summed E-state index contributed by atoms with van der Waals surface area (Å²) < 4.78 is 18.2. The van der Waals surface area contributed by atoms with E-state index in [1.54, 1.807) is 0 Å². The van der Waals surface area contributed by atoms with Gasteiger partial charge in [-0.2, -0.15) is 0 Å². The van der Waals surface area contributed by atoms with E-state index in [1.807, 2.05) is 45.9 Å². The van der Waals surface area contributed by atoms with E-state index < -0.39 is 0 Å². The van der Waals surface area contributed by atoms with E-state index >= 15 is 0 Å². The van der Waals surface area contributed by atoms with Gasteiger partial charge in [-0.05, 0) is 65.5 Å². The van der Waals surface area contributed by atoms with Gasteiger partial charge in [-0.25, -0.2) is 9.97 Å². The molecule has 0 atom stereocenters. The van der Waals surface area contributed by atoms with Gasteiger partial charge in [-0.15, -0.1) is 0 Å². The molecule has 2 rings (SSSR count). The van der Waals surface area contributed by atoms with Gasteiger partial charge in [0.05, 0.1) is 29.7 Å². The van der Waals surface area contributed by atoms with Crippen LogP contribution < -0.4 is 14.2 Å². The molecule has 5 heteroatoms. The quantitative estimate of drug-likeness (QED) is 0.425. The molecular weight excluding hydrogens is 376 g/mol. The normalized spacial score (nSPS) is 11.4. The van der Waals surface area contributed by atoms with E-state index in [-0.39, 0.29) is 18.3 Å². The number of aryl methyl sites for hydroxylation is 2. The standard InChI is InChI=1S/C25H38N2O3/c1-9-18(10-2)30-25-22(12-4)26-24(21(11-3)27-25)20-14-13-19(28-16(5)6)15-23(20)29-17(7)8/h13-18H,9-12H2,1-8H3. The minimum atomic E-state index is 0.0409. The van der Waals surface area contributed by atoms with Crippen molar-refractivity contribution >= 4 is 0 Å². The second-order valence-electron chi connectivity index (χ2n) is 8.03. The van der Waals surface area contributed by atoms with Crippen LogP contribution in [-0.2, 0) is 12.8 Å². The Balaban J connectivity index is 2.58. The highest BCUT2D eigenvalue weighted by atomic mass is 16.5. The van der Waals surface area contributed by atoms with Crippen molar-refractivity contribution in [3.63, 3.8) is 0 Å². The fourth-order valence-corrected chi connectivity index (χ4v) is 3.28. The lowest BCUT2D eigenvalue weighted by atomic mass is 10.1. The first-order chi connectivity index (χ1) is 14.3. The van der Waals surface area contributed by atoms with Gasteiger partial charge in [0.25, 0.3) is 0 Å². The van der Waals surface area contributed by atoms with Crippen molar-refractivity contribution in [2.75, 3.05) is 0 Å². The Kier molecular flexibility index (Phi) is 8.94. The highest BCUT2D eigenvalue weighted by molar-refractivity contribution is 5.71. The number of ether oxygens (including phenoxy) is 3. The summed E-state index contributed by atoms with van der Waals surface area (Å²) in [4.78, 5) is 9.90. The second kappa shape index (κ2) is 11.2. The Morgan fingerprint density at radius 1 is 0.767 bits per heavy atom. The van der Waals surface area contributed by atoms with Crippen molar-refractivity contribution in [1.29, 1.82) is 0 Å². The highest BCUT2D eigenvalue weighted by Gasteiger charge is 2.20. The van der Waals surface area contributed by atoms with Gasteiger partial charge in [0.1, 0.15) is 17.2 Å². The molecule has 1 heterocycles. The zero-order valence-electron chi connectivity index (χ0n) is 19.9. The maximum atomic E-state index is 6.20. The van der Waals surface area contributed by atoms with Crippen LogP contribution in [0.5, 0.6) is 17.4 Å². The maximum absolute atomic E-state index is 6.20. The summed E-state index contributed by atoms with van der Waals surface area (Å²) in [5.74, 6) is 2.22. The first-order valence-corrected chi connectivity index (χ1v) is 11.4. The number of aromatic nitrogens is 2. The Labute approximate surface area is 182 Å². The third-order valence-electron chi connectivity index (χ3n) is 4.80. The SMILES string of the molecule is CCc1nc(-c2ccc(OC(C)C)cc2OC(C)C)c(CC)nc1OC(CC)CC. The van der Waals surface area contributed by atoms with Crippen LogP contribution in [0.15, 0.2) is 18.2 Å². The third-order valence-corrected chi connectivity index (χ3v) is 4.80. The molecule has 5 nitrogen and oxygen atoms in total. The molecule has 0 saturated carbocycles. The molecule has 1 aromatic carbocycles. The van der Waals surface area contributed by atoms with Crippen LogP contribution >= 0.6 is 0 Å². The fraction of sp³-hybridized carbons (Fsp3) is 0.600. The molecule has 0 bridgehead atoms. The van der Waals surface area contributed by atoms with Crippen LogP contribution in [0, 0.1) is 0 Å². The predicted molar refractivity (Wildman–Crippen MR) is 123 cm³/mol. The molecule has 0 aliphatic carbocycles. The van der Waals surface area contributed by atoms with Crippen molar-refractivity contribution in [2.24, 2.45) is 0 Å². The summed E-state index contributed by atoms with van der Waals surface area (Å²) >= 11 is 0. The van der Waals surface area contributed by atoms with Gasteiger partial charge in [0.2, 0.25) is 5.88 Å². The van der Waals surface area contributed by atoms with Gasteiger partial charge >= 0.3 is 0 Å². The molecule has 30 heavy (non-hydrogen) atoms. The second-order valence-corrected chi connectivity index (χ2v) is 8.03. The van der Waals surface area contributed by atoms with E-state index in [0.29, 0.717) is 5.88 Å². The Morgan fingerprint density at radius 2 is 1.40 bits per heavy atom. The van der Waals surface area contributed by atoms with Crippen LogP contribution in [0.25, 0.3) is 11.3 Å². The molecule has 0 radical (unpaired) electrons. The van der Waals surface area contributed by atoms with Gasteiger partial charge < -0.3 is 14.2 Å². The summed E-state index contributed by atoms with van der Waals surface area (Å²) in [6.45, 7) is 16.5. The van der Waals surface area contributed by atoms with Gasteiger partial charge in [0.15, 0.2) is 0 Å². The van der Waals surface area contributed by atoms with Crippen molar-refractivity contribution < 1.29 is 14.2 Å². The first kappa shape index (κ1) is 24.0. The summed E-state index contributed by atoms with van der Waals surface area (Å²) in [5.41, 5.74) is 3.59. The van der Waals surface area contributed by atoms with Crippen molar-refractivity contribution in [3.05, 3.63) is 29.6 Å². The molecule has 0 saturated heterocycles. The van der Waals surface area contributed by atoms with Crippen LogP contribution in [0.2, 0.25) is 0 Å². The van der Waals surface area contributed by atoms with Crippen molar-refractivity contribution in [2.45, 2.75) is 99.4 Å². The first-order valence-electron chi connectivity index (χ1n) is 11.4. The molecule has 0 spiro atoms. The monoisotopic (exact) mass is 414 g/mol. The molecule has 2 aromatic rings. The van der Waals surface area contributed by atoms with E-state index in [4.69, 9.17) is 24.2 Å². The minimum Gasteiger partial charge on any atom is -0.491 e. The predicted octanol–water partition coefficient (Wildman–Crippen LogP) is 6.41. The number of hydrogen-bond donors (Lipinski definition) is 0. The largest absolute Gasteiger partial charge is 0.491 e. The van der Waals surface area contributed by atoms with Crippen LogP contribution in [0.4, 0.5) is 0 Å². The molecule has 0 fully saturated rings. The zero-order valence-corrected chi connectivity index (χ0v) is 19.9. The minimum absolute atomic E-state index is 0.0409. The molecular formula is C25H38N2O3. The van der Waals surface area contributed by atoms with Crippen molar-refractivity contribution in [1.82, 2.24) is 9.97 Å². The smallest absolute Gasteiger partial charge is 0.236 e. The summed E-state index contributed by atoms with van der Waals surface area (Å²) in [6, 6.07) is 5.96. The van der Waals surface area contributed by atoms with Crippen LogP contribution in [-0.4, -0.2) is 28.3 Å². The van der Waals surface area contributed by atoms with Crippen LogP contribution in [0.3, 0.4) is 0 Å². The van der Waals surface area contributed by atoms with Gasteiger partial charge in [-0.3, -0.25) is 0 Å². The molecule has 0 amide bonds. The van der Waals surface area contributed by atoms with Gasteiger partial charge in [0, 0.05) is 11.6 Å². The summed E-state index contributed by atoms with van der Waals surface area (Å²) in [7, 11) is 0. The van der Waals surface area contributed by atoms with E-state index in [0.717, 1.165) is 59.8 Å². The fourth-order valence-electron chi connectivity index (χ4n) is 3.28. The average Bonchev–Trinajstić information content (AvgIpc) is 2.71. The molecule has 0 N–H and O–H groups in total. The number of rotatable bonds is 11. The molecule has 166 valence electrons. The third kappa shape index (κ3) is 6.10. The molecule has 0 aliphatic heterocycles. The molecule has 1 aromatic heterocycles. The van der Waals surface area contributed by atoms with Gasteiger partial charge in [-0.1, -0.05) is 27.7 Å². The van der Waals surface area contributed by atoms with E-state index in [9.17, 15) is 0 Å². The van der Waals surface area contributed by atoms with E-state index in [1.165, 1.54) is 0 Å². The lowest BCUT2D eigenvalue weighted by Gasteiger charge is -2.21. The maximum Gasteiger partial charge on any atom is 0.236 e.